The zero-order valence-corrected chi connectivity index (χ0v) is 11.2. The Morgan fingerprint density at radius 1 is 1.32 bits per heavy atom. The van der Waals surface area contributed by atoms with Crippen molar-refractivity contribution in [1.29, 1.82) is 0 Å². The second-order valence-corrected chi connectivity index (χ2v) is 4.82. The summed E-state index contributed by atoms with van der Waals surface area (Å²) in [6, 6.07) is 3.57. The van der Waals surface area contributed by atoms with Gasteiger partial charge in [0.1, 0.15) is 11.6 Å². The molecule has 0 aliphatic heterocycles. The van der Waals surface area contributed by atoms with Crippen LogP contribution in [0, 0.1) is 18.6 Å². The van der Waals surface area contributed by atoms with Crippen LogP contribution >= 0.6 is 11.6 Å². The number of aryl methyl sites for hydroxylation is 2. The maximum atomic E-state index is 13.7. The highest BCUT2D eigenvalue weighted by Crippen LogP contribution is 2.26. The van der Waals surface area contributed by atoms with Crippen molar-refractivity contribution in [3.63, 3.8) is 0 Å². The van der Waals surface area contributed by atoms with Crippen LogP contribution in [0.5, 0.6) is 0 Å². The van der Waals surface area contributed by atoms with E-state index in [0.717, 1.165) is 23.5 Å². The summed E-state index contributed by atoms with van der Waals surface area (Å²) < 4.78 is 28.6. The summed E-state index contributed by atoms with van der Waals surface area (Å²) in [5.41, 5.74) is 1.42. The number of nitrogens with zero attached hydrogens (tertiary/aromatic N) is 2. The molecule has 2 rings (SSSR count). The molecule has 1 unspecified atom stereocenters. The quantitative estimate of drug-likeness (QED) is 0.881. The van der Waals surface area contributed by atoms with Crippen molar-refractivity contribution in [3.8, 4) is 0 Å². The van der Waals surface area contributed by atoms with Crippen LogP contribution in [0.25, 0.3) is 0 Å². The monoisotopic (exact) mass is 286 g/mol. The van der Waals surface area contributed by atoms with Gasteiger partial charge in [-0.25, -0.2) is 8.78 Å². The number of hydrogen-bond donors (Lipinski definition) is 1. The molecule has 1 heterocycles. The molecular formula is C13H13ClF2N2O. The number of rotatable bonds is 3. The minimum atomic E-state index is -1.15. The van der Waals surface area contributed by atoms with Gasteiger partial charge in [0.2, 0.25) is 0 Å². The van der Waals surface area contributed by atoms with E-state index in [1.165, 1.54) is 0 Å². The van der Waals surface area contributed by atoms with Gasteiger partial charge in [-0.15, -0.1) is 0 Å². The number of aromatic nitrogens is 2. The smallest absolute Gasteiger partial charge is 0.142 e. The van der Waals surface area contributed by atoms with Crippen LogP contribution in [-0.4, -0.2) is 14.9 Å². The molecular weight excluding hydrogens is 274 g/mol. The van der Waals surface area contributed by atoms with E-state index in [4.69, 9.17) is 11.6 Å². The highest BCUT2D eigenvalue weighted by atomic mass is 35.5. The van der Waals surface area contributed by atoms with Gasteiger partial charge in [-0.05, 0) is 25.1 Å². The van der Waals surface area contributed by atoms with Crippen LogP contribution in [0.4, 0.5) is 8.78 Å². The summed E-state index contributed by atoms with van der Waals surface area (Å²) in [5, 5.41) is 13.8. The molecule has 0 spiro atoms. The summed E-state index contributed by atoms with van der Waals surface area (Å²) in [6.45, 7) is 1.82. The number of benzene rings is 1. The Morgan fingerprint density at radius 2 is 2.00 bits per heavy atom. The normalized spacial score (nSPS) is 12.7. The zero-order chi connectivity index (χ0) is 14.2. The molecule has 0 bridgehead atoms. The lowest BCUT2D eigenvalue weighted by molar-refractivity contribution is 0.170. The molecule has 3 nitrogen and oxygen atoms in total. The van der Waals surface area contributed by atoms with E-state index in [1.54, 1.807) is 17.8 Å². The number of hydrogen-bond acceptors (Lipinski definition) is 2. The van der Waals surface area contributed by atoms with Crippen molar-refractivity contribution in [2.45, 2.75) is 19.4 Å². The standard InChI is InChI=1S/C13H13ClF2N2O/c1-7-3-8(18(2)17-7)4-13(19)9-5-12(16)10(14)6-11(9)15/h3,5-6,13,19H,4H2,1-2H3. The SMILES string of the molecule is Cc1cc(CC(O)c2cc(F)c(Cl)cc2F)n(C)n1. The molecule has 1 aromatic heterocycles. The van der Waals surface area contributed by atoms with Gasteiger partial charge in [0, 0.05) is 24.7 Å². The van der Waals surface area contributed by atoms with E-state index in [0.29, 0.717) is 0 Å². The summed E-state index contributed by atoms with van der Waals surface area (Å²) >= 11 is 5.47. The Bertz CT molecular complexity index is 613. The number of aliphatic hydroxyl groups is 1. The van der Waals surface area contributed by atoms with E-state index < -0.39 is 17.7 Å². The third kappa shape index (κ3) is 2.93. The van der Waals surface area contributed by atoms with Crippen LogP contribution in [0.3, 0.4) is 0 Å². The van der Waals surface area contributed by atoms with Crippen molar-refractivity contribution in [3.05, 3.63) is 51.8 Å². The maximum absolute atomic E-state index is 13.7. The fourth-order valence-electron chi connectivity index (χ4n) is 1.96. The summed E-state index contributed by atoms with van der Waals surface area (Å²) in [7, 11) is 1.73. The summed E-state index contributed by atoms with van der Waals surface area (Å²) in [6.07, 6.45) is -1.00. The molecule has 0 aliphatic carbocycles. The largest absolute Gasteiger partial charge is 0.388 e. The maximum Gasteiger partial charge on any atom is 0.142 e. The molecule has 102 valence electrons. The fourth-order valence-corrected chi connectivity index (χ4v) is 2.11. The number of aliphatic hydroxyl groups excluding tert-OH is 1. The first-order chi connectivity index (χ1) is 8.88. The van der Waals surface area contributed by atoms with Gasteiger partial charge in [-0.1, -0.05) is 11.6 Å². The van der Waals surface area contributed by atoms with Crippen LogP contribution in [0.15, 0.2) is 18.2 Å². The van der Waals surface area contributed by atoms with Gasteiger partial charge in [0.05, 0.1) is 16.8 Å². The van der Waals surface area contributed by atoms with Gasteiger partial charge in [-0.2, -0.15) is 5.10 Å². The van der Waals surface area contributed by atoms with Crippen molar-refractivity contribution in [2.75, 3.05) is 0 Å². The van der Waals surface area contributed by atoms with Gasteiger partial charge in [-0.3, -0.25) is 4.68 Å². The van der Waals surface area contributed by atoms with Crippen molar-refractivity contribution < 1.29 is 13.9 Å². The summed E-state index contributed by atoms with van der Waals surface area (Å²) in [5.74, 6) is -1.48. The molecule has 0 aliphatic rings. The lowest BCUT2D eigenvalue weighted by Crippen LogP contribution is -2.08. The first-order valence-electron chi connectivity index (χ1n) is 5.70. The summed E-state index contributed by atoms with van der Waals surface area (Å²) in [4.78, 5) is 0. The van der Waals surface area contributed by atoms with Gasteiger partial charge in [0.25, 0.3) is 0 Å². The Morgan fingerprint density at radius 3 is 2.58 bits per heavy atom. The Balaban J connectivity index is 2.27. The highest BCUT2D eigenvalue weighted by Gasteiger charge is 2.18. The zero-order valence-electron chi connectivity index (χ0n) is 10.5. The van der Waals surface area contributed by atoms with Gasteiger partial charge in [0.15, 0.2) is 0 Å². The molecule has 1 atom stereocenters. The molecule has 19 heavy (non-hydrogen) atoms. The average molecular weight is 287 g/mol. The highest BCUT2D eigenvalue weighted by molar-refractivity contribution is 6.30. The van der Waals surface area contributed by atoms with Crippen molar-refractivity contribution in [1.82, 2.24) is 9.78 Å². The van der Waals surface area contributed by atoms with E-state index in [-0.39, 0.29) is 17.0 Å². The minimum Gasteiger partial charge on any atom is -0.388 e. The molecule has 0 amide bonds. The van der Waals surface area contributed by atoms with Crippen molar-refractivity contribution >= 4 is 11.6 Å². The topological polar surface area (TPSA) is 38.0 Å². The molecule has 6 heteroatoms. The lowest BCUT2D eigenvalue weighted by Gasteiger charge is -2.12. The predicted molar refractivity (Wildman–Crippen MR) is 68.0 cm³/mol. The lowest BCUT2D eigenvalue weighted by atomic mass is 10.0. The van der Waals surface area contributed by atoms with Gasteiger partial charge >= 0.3 is 0 Å². The fraction of sp³-hybridized carbons (Fsp3) is 0.308. The third-order valence-corrected chi connectivity index (χ3v) is 3.19. The third-order valence-electron chi connectivity index (χ3n) is 2.90. The van der Waals surface area contributed by atoms with E-state index >= 15 is 0 Å². The Labute approximate surface area is 114 Å². The molecule has 0 radical (unpaired) electrons. The first-order valence-corrected chi connectivity index (χ1v) is 6.08. The van der Waals surface area contributed by atoms with E-state index in [1.807, 2.05) is 6.92 Å². The number of halogens is 3. The molecule has 0 fully saturated rings. The Kier molecular flexibility index (Phi) is 3.87. The van der Waals surface area contributed by atoms with Gasteiger partial charge < -0.3 is 5.11 Å². The molecule has 1 N–H and O–H groups in total. The Hall–Kier alpha value is -1.46. The van der Waals surface area contributed by atoms with E-state index in [2.05, 4.69) is 5.10 Å². The minimum absolute atomic E-state index is 0.110. The van der Waals surface area contributed by atoms with Crippen molar-refractivity contribution in [2.24, 2.45) is 7.05 Å². The molecule has 0 saturated heterocycles. The van der Waals surface area contributed by atoms with E-state index in [9.17, 15) is 13.9 Å². The molecule has 1 aromatic carbocycles. The van der Waals surface area contributed by atoms with Crippen LogP contribution in [-0.2, 0) is 13.5 Å². The second-order valence-electron chi connectivity index (χ2n) is 4.41. The predicted octanol–water partition coefficient (Wildman–Crippen LogP) is 2.94. The van der Waals surface area contributed by atoms with Crippen LogP contribution < -0.4 is 0 Å². The van der Waals surface area contributed by atoms with Crippen LogP contribution in [0.1, 0.15) is 23.1 Å². The molecule has 2 aromatic rings. The first kappa shape index (κ1) is 14.0. The van der Waals surface area contributed by atoms with Crippen LogP contribution in [0.2, 0.25) is 5.02 Å². The molecule has 0 saturated carbocycles. The average Bonchev–Trinajstić information content (AvgIpc) is 2.62. The second kappa shape index (κ2) is 5.27.